The summed E-state index contributed by atoms with van der Waals surface area (Å²) in [6, 6.07) is 2.00. The monoisotopic (exact) mass is 219 g/mol. The van der Waals surface area contributed by atoms with Crippen molar-refractivity contribution < 1.29 is 0 Å². The molecule has 16 heavy (non-hydrogen) atoms. The van der Waals surface area contributed by atoms with Crippen molar-refractivity contribution in [3.05, 3.63) is 23.8 Å². The number of hydrogen-bond acceptors (Lipinski definition) is 3. The van der Waals surface area contributed by atoms with Crippen molar-refractivity contribution in [3.63, 3.8) is 0 Å². The third-order valence-electron chi connectivity index (χ3n) is 2.79. The highest BCUT2D eigenvalue weighted by atomic mass is 14.9. The van der Waals surface area contributed by atoms with Crippen LogP contribution in [-0.2, 0) is 13.0 Å². The van der Waals surface area contributed by atoms with Gasteiger partial charge in [-0.1, -0.05) is 13.8 Å². The summed E-state index contributed by atoms with van der Waals surface area (Å²) in [7, 11) is 0. The van der Waals surface area contributed by atoms with Crippen molar-refractivity contribution in [2.75, 3.05) is 6.54 Å². The fourth-order valence-corrected chi connectivity index (χ4v) is 1.71. The molecule has 0 radical (unpaired) electrons. The molecule has 1 fully saturated rings. The standard InChI is InChI=1S/C13H21N3/c1-10(2)8-14-9-12-5-6-15-13(16-12)7-11-3-4-11/h5-6,10-11,14H,3-4,7-9H2,1-2H3. The lowest BCUT2D eigenvalue weighted by Crippen LogP contribution is -2.20. The zero-order valence-corrected chi connectivity index (χ0v) is 10.2. The lowest BCUT2D eigenvalue weighted by molar-refractivity contribution is 0.546. The van der Waals surface area contributed by atoms with Gasteiger partial charge in [0.2, 0.25) is 0 Å². The highest BCUT2D eigenvalue weighted by Crippen LogP contribution is 2.31. The first-order valence-corrected chi connectivity index (χ1v) is 6.25. The van der Waals surface area contributed by atoms with E-state index in [2.05, 4.69) is 29.1 Å². The zero-order valence-electron chi connectivity index (χ0n) is 10.2. The van der Waals surface area contributed by atoms with Gasteiger partial charge >= 0.3 is 0 Å². The smallest absolute Gasteiger partial charge is 0.128 e. The predicted octanol–water partition coefficient (Wildman–Crippen LogP) is 2.17. The summed E-state index contributed by atoms with van der Waals surface area (Å²) < 4.78 is 0. The minimum atomic E-state index is 0.688. The first kappa shape index (κ1) is 11.5. The maximum atomic E-state index is 4.58. The molecule has 1 aliphatic carbocycles. The van der Waals surface area contributed by atoms with Gasteiger partial charge in [0.05, 0.1) is 5.69 Å². The molecule has 1 aliphatic rings. The summed E-state index contributed by atoms with van der Waals surface area (Å²) in [6.45, 7) is 6.33. The molecular formula is C13H21N3. The molecule has 0 atom stereocenters. The van der Waals surface area contributed by atoms with Crippen molar-refractivity contribution >= 4 is 0 Å². The summed E-state index contributed by atoms with van der Waals surface area (Å²) in [6.07, 6.45) is 5.67. The molecule has 1 heterocycles. The third-order valence-corrected chi connectivity index (χ3v) is 2.79. The summed E-state index contributed by atoms with van der Waals surface area (Å²) >= 11 is 0. The van der Waals surface area contributed by atoms with Crippen LogP contribution in [0.1, 0.15) is 38.2 Å². The maximum absolute atomic E-state index is 4.58. The number of nitrogens with one attached hydrogen (secondary N) is 1. The number of nitrogens with zero attached hydrogens (tertiary/aromatic N) is 2. The third kappa shape index (κ3) is 3.89. The van der Waals surface area contributed by atoms with Gasteiger partial charge < -0.3 is 5.32 Å². The fraction of sp³-hybridized carbons (Fsp3) is 0.692. The van der Waals surface area contributed by atoms with Crippen LogP contribution in [0.3, 0.4) is 0 Å². The van der Waals surface area contributed by atoms with Crippen LogP contribution < -0.4 is 5.32 Å². The Labute approximate surface area is 97.7 Å². The average Bonchev–Trinajstić information content (AvgIpc) is 3.02. The molecule has 1 aromatic heterocycles. The van der Waals surface area contributed by atoms with E-state index in [-0.39, 0.29) is 0 Å². The average molecular weight is 219 g/mol. The van der Waals surface area contributed by atoms with E-state index < -0.39 is 0 Å². The van der Waals surface area contributed by atoms with Gasteiger partial charge in [-0.25, -0.2) is 9.97 Å². The van der Waals surface area contributed by atoms with Crippen LogP contribution in [0.25, 0.3) is 0 Å². The van der Waals surface area contributed by atoms with Crippen LogP contribution in [-0.4, -0.2) is 16.5 Å². The lowest BCUT2D eigenvalue weighted by atomic mass is 10.2. The van der Waals surface area contributed by atoms with E-state index in [4.69, 9.17) is 0 Å². The molecule has 0 spiro atoms. The Balaban J connectivity index is 1.83. The summed E-state index contributed by atoms with van der Waals surface area (Å²) in [5.41, 5.74) is 1.12. The number of hydrogen-bond donors (Lipinski definition) is 1. The molecule has 3 nitrogen and oxygen atoms in total. The van der Waals surface area contributed by atoms with Gasteiger partial charge in [0.1, 0.15) is 5.82 Å². The molecule has 88 valence electrons. The van der Waals surface area contributed by atoms with Crippen LogP contribution in [0.5, 0.6) is 0 Å². The van der Waals surface area contributed by atoms with Crippen molar-refractivity contribution in [1.29, 1.82) is 0 Å². The van der Waals surface area contributed by atoms with E-state index in [0.29, 0.717) is 5.92 Å². The van der Waals surface area contributed by atoms with E-state index in [1.807, 2.05) is 12.3 Å². The van der Waals surface area contributed by atoms with Crippen molar-refractivity contribution in [3.8, 4) is 0 Å². The van der Waals surface area contributed by atoms with E-state index in [1.54, 1.807) is 0 Å². The molecule has 0 aromatic carbocycles. The van der Waals surface area contributed by atoms with Gasteiger partial charge in [0.25, 0.3) is 0 Å². The van der Waals surface area contributed by atoms with Gasteiger partial charge in [-0.3, -0.25) is 0 Å². The first-order valence-electron chi connectivity index (χ1n) is 6.25. The first-order chi connectivity index (χ1) is 7.74. The topological polar surface area (TPSA) is 37.8 Å². The van der Waals surface area contributed by atoms with E-state index in [9.17, 15) is 0 Å². The second-order valence-corrected chi connectivity index (χ2v) is 5.14. The summed E-state index contributed by atoms with van der Waals surface area (Å²) in [5, 5.41) is 3.41. The molecule has 1 saturated carbocycles. The molecular weight excluding hydrogens is 198 g/mol. The molecule has 0 amide bonds. The lowest BCUT2D eigenvalue weighted by Gasteiger charge is -2.07. The van der Waals surface area contributed by atoms with Gasteiger partial charge in [-0.15, -0.1) is 0 Å². The fourth-order valence-electron chi connectivity index (χ4n) is 1.71. The Bertz CT molecular complexity index is 332. The Hall–Kier alpha value is -0.960. The van der Waals surface area contributed by atoms with Crippen LogP contribution in [0.2, 0.25) is 0 Å². The molecule has 0 unspecified atom stereocenters. The molecule has 3 heteroatoms. The van der Waals surface area contributed by atoms with Crippen molar-refractivity contribution in [2.24, 2.45) is 11.8 Å². The predicted molar refractivity (Wildman–Crippen MR) is 65.0 cm³/mol. The van der Waals surface area contributed by atoms with Crippen LogP contribution in [0.15, 0.2) is 12.3 Å². The maximum Gasteiger partial charge on any atom is 0.128 e. The van der Waals surface area contributed by atoms with E-state index in [0.717, 1.165) is 36.9 Å². The molecule has 0 aliphatic heterocycles. The van der Waals surface area contributed by atoms with Gasteiger partial charge in [0, 0.05) is 19.2 Å². The Morgan fingerprint density at radius 3 is 2.94 bits per heavy atom. The number of aromatic nitrogens is 2. The highest BCUT2D eigenvalue weighted by molar-refractivity contribution is 5.03. The molecule has 1 N–H and O–H groups in total. The van der Waals surface area contributed by atoms with Crippen molar-refractivity contribution in [2.45, 2.75) is 39.7 Å². The minimum absolute atomic E-state index is 0.688. The normalized spacial score (nSPS) is 15.7. The highest BCUT2D eigenvalue weighted by Gasteiger charge is 2.22. The van der Waals surface area contributed by atoms with Crippen LogP contribution in [0.4, 0.5) is 0 Å². The largest absolute Gasteiger partial charge is 0.311 e. The molecule has 2 rings (SSSR count). The molecule has 0 bridgehead atoms. The quantitative estimate of drug-likeness (QED) is 0.797. The minimum Gasteiger partial charge on any atom is -0.311 e. The summed E-state index contributed by atoms with van der Waals surface area (Å²) in [5.74, 6) is 2.57. The molecule has 1 aromatic rings. The van der Waals surface area contributed by atoms with Gasteiger partial charge in [-0.05, 0) is 37.3 Å². The summed E-state index contributed by atoms with van der Waals surface area (Å²) in [4.78, 5) is 8.90. The van der Waals surface area contributed by atoms with E-state index in [1.165, 1.54) is 12.8 Å². The molecule has 0 saturated heterocycles. The zero-order chi connectivity index (χ0) is 11.4. The van der Waals surface area contributed by atoms with Gasteiger partial charge in [-0.2, -0.15) is 0 Å². The van der Waals surface area contributed by atoms with E-state index >= 15 is 0 Å². The van der Waals surface area contributed by atoms with Crippen LogP contribution >= 0.6 is 0 Å². The Morgan fingerprint density at radius 2 is 2.25 bits per heavy atom. The van der Waals surface area contributed by atoms with Crippen molar-refractivity contribution in [1.82, 2.24) is 15.3 Å². The van der Waals surface area contributed by atoms with Gasteiger partial charge in [0.15, 0.2) is 0 Å². The van der Waals surface area contributed by atoms with Crippen LogP contribution in [0, 0.1) is 11.8 Å². The number of rotatable bonds is 6. The second-order valence-electron chi connectivity index (χ2n) is 5.14. The Morgan fingerprint density at radius 1 is 1.44 bits per heavy atom. The second kappa shape index (κ2) is 5.39. The Kier molecular flexibility index (Phi) is 3.88. The SMILES string of the molecule is CC(C)CNCc1ccnc(CC2CC2)n1.